The largest absolute Gasteiger partial charge is 0.399 e. The van der Waals surface area contributed by atoms with Crippen molar-refractivity contribution in [1.82, 2.24) is 4.98 Å². The van der Waals surface area contributed by atoms with Crippen LogP contribution in [0.15, 0.2) is 42.5 Å². The van der Waals surface area contributed by atoms with E-state index in [0.717, 1.165) is 12.8 Å². The number of rotatable bonds is 5. The predicted molar refractivity (Wildman–Crippen MR) is 86.1 cm³/mol. The Bertz CT molecular complexity index is 547. The molecular formula is C16H20ClN3. The molecule has 106 valence electrons. The van der Waals surface area contributed by atoms with E-state index in [2.05, 4.69) is 48.4 Å². The second-order valence-electron chi connectivity index (χ2n) is 5.60. The number of hydrogen-bond donors (Lipinski definition) is 2. The molecular weight excluding hydrogens is 270 g/mol. The normalized spacial score (nSPS) is 11.3. The van der Waals surface area contributed by atoms with Crippen molar-refractivity contribution in [2.75, 3.05) is 11.1 Å². The molecule has 4 heteroatoms. The van der Waals surface area contributed by atoms with Gasteiger partial charge in [-0.15, -0.1) is 0 Å². The molecule has 1 heterocycles. The summed E-state index contributed by atoms with van der Waals surface area (Å²) in [5, 5.41) is 3.80. The molecule has 3 N–H and O–H groups in total. The Kier molecular flexibility index (Phi) is 4.50. The van der Waals surface area contributed by atoms with E-state index in [0.29, 0.717) is 16.7 Å². The van der Waals surface area contributed by atoms with Crippen LogP contribution in [0.2, 0.25) is 5.15 Å². The van der Waals surface area contributed by atoms with Crippen LogP contribution >= 0.6 is 11.6 Å². The standard InChI is InChI=1S/C16H20ClN3/c1-16(2,9-8-12-6-4-3-5-7-12)20-15-11-13(18)10-14(17)19-15/h3-7,10-11H,8-9H2,1-2H3,(H3,18,19,20). The molecule has 0 amide bonds. The molecule has 0 bridgehead atoms. The van der Waals surface area contributed by atoms with Gasteiger partial charge in [0.15, 0.2) is 0 Å². The van der Waals surface area contributed by atoms with Crippen LogP contribution in [-0.2, 0) is 6.42 Å². The number of benzene rings is 1. The minimum atomic E-state index is -0.0834. The molecule has 0 aliphatic carbocycles. The van der Waals surface area contributed by atoms with Crippen LogP contribution in [0.25, 0.3) is 0 Å². The van der Waals surface area contributed by atoms with Crippen molar-refractivity contribution < 1.29 is 0 Å². The van der Waals surface area contributed by atoms with Gasteiger partial charge in [0, 0.05) is 17.3 Å². The Morgan fingerprint density at radius 2 is 1.90 bits per heavy atom. The quantitative estimate of drug-likeness (QED) is 0.813. The average molecular weight is 290 g/mol. The summed E-state index contributed by atoms with van der Waals surface area (Å²) in [6.07, 6.45) is 2.00. The SMILES string of the molecule is CC(C)(CCc1ccccc1)Nc1cc(N)cc(Cl)n1. The third kappa shape index (κ3) is 4.42. The molecule has 0 saturated heterocycles. The molecule has 0 fully saturated rings. The van der Waals surface area contributed by atoms with Gasteiger partial charge in [0.05, 0.1) is 0 Å². The van der Waals surface area contributed by atoms with Crippen molar-refractivity contribution in [3.63, 3.8) is 0 Å². The Hall–Kier alpha value is -1.74. The fourth-order valence-electron chi connectivity index (χ4n) is 2.09. The van der Waals surface area contributed by atoms with Gasteiger partial charge in [0.1, 0.15) is 11.0 Å². The summed E-state index contributed by atoms with van der Waals surface area (Å²) in [5.74, 6) is 0.716. The summed E-state index contributed by atoms with van der Waals surface area (Å²) >= 11 is 5.92. The first-order chi connectivity index (χ1) is 9.44. The summed E-state index contributed by atoms with van der Waals surface area (Å²) in [6.45, 7) is 4.30. The molecule has 0 spiro atoms. The number of anilines is 2. The van der Waals surface area contributed by atoms with E-state index in [1.54, 1.807) is 12.1 Å². The first-order valence-corrected chi connectivity index (χ1v) is 7.08. The van der Waals surface area contributed by atoms with Gasteiger partial charge >= 0.3 is 0 Å². The van der Waals surface area contributed by atoms with Gasteiger partial charge in [-0.1, -0.05) is 41.9 Å². The van der Waals surface area contributed by atoms with Crippen LogP contribution in [0.3, 0.4) is 0 Å². The molecule has 0 radical (unpaired) electrons. The Morgan fingerprint density at radius 3 is 2.55 bits per heavy atom. The number of pyridine rings is 1. The monoisotopic (exact) mass is 289 g/mol. The molecule has 0 saturated carbocycles. The van der Waals surface area contributed by atoms with E-state index in [9.17, 15) is 0 Å². The molecule has 3 nitrogen and oxygen atoms in total. The summed E-state index contributed by atoms with van der Waals surface area (Å²) in [7, 11) is 0. The number of halogens is 1. The van der Waals surface area contributed by atoms with Crippen molar-refractivity contribution in [2.45, 2.75) is 32.2 Å². The maximum absolute atomic E-state index is 5.92. The fraction of sp³-hybridized carbons (Fsp3) is 0.312. The number of nitrogen functional groups attached to an aromatic ring is 1. The molecule has 0 aliphatic heterocycles. The molecule has 1 aromatic heterocycles. The minimum absolute atomic E-state index is 0.0834. The molecule has 0 aliphatic rings. The molecule has 0 unspecified atom stereocenters. The van der Waals surface area contributed by atoms with Crippen LogP contribution in [-0.4, -0.2) is 10.5 Å². The summed E-state index contributed by atoms with van der Waals surface area (Å²) in [6, 6.07) is 13.9. The zero-order valence-electron chi connectivity index (χ0n) is 11.9. The topological polar surface area (TPSA) is 50.9 Å². The summed E-state index contributed by atoms with van der Waals surface area (Å²) < 4.78 is 0. The lowest BCUT2D eigenvalue weighted by Gasteiger charge is -2.27. The number of aryl methyl sites for hydroxylation is 1. The number of nitrogens with one attached hydrogen (secondary N) is 1. The summed E-state index contributed by atoms with van der Waals surface area (Å²) in [5.41, 5.74) is 7.65. The lowest BCUT2D eigenvalue weighted by molar-refractivity contribution is 0.516. The van der Waals surface area contributed by atoms with Gasteiger partial charge in [0.2, 0.25) is 0 Å². The molecule has 1 aromatic carbocycles. The van der Waals surface area contributed by atoms with Crippen molar-refractivity contribution in [1.29, 1.82) is 0 Å². The van der Waals surface area contributed by atoms with Crippen molar-refractivity contribution in [2.24, 2.45) is 0 Å². The first-order valence-electron chi connectivity index (χ1n) is 6.70. The predicted octanol–water partition coefficient (Wildman–Crippen LogP) is 4.14. The maximum Gasteiger partial charge on any atom is 0.133 e. The minimum Gasteiger partial charge on any atom is -0.399 e. The van der Waals surface area contributed by atoms with E-state index >= 15 is 0 Å². The van der Waals surface area contributed by atoms with Crippen LogP contribution in [0.5, 0.6) is 0 Å². The fourth-order valence-corrected chi connectivity index (χ4v) is 2.31. The Morgan fingerprint density at radius 1 is 1.20 bits per heavy atom. The molecule has 0 atom stereocenters. The van der Waals surface area contributed by atoms with Gasteiger partial charge < -0.3 is 11.1 Å². The second-order valence-corrected chi connectivity index (χ2v) is 5.99. The zero-order chi connectivity index (χ0) is 14.6. The van der Waals surface area contributed by atoms with Crippen LogP contribution in [0, 0.1) is 0 Å². The average Bonchev–Trinajstić information content (AvgIpc) is 2.36. The number of hydrogen-bond acceptors (Lipinski definition) is 3. The first kappa shape index (κ1) is 14.7. The van der Waals surface area contributed by atoms with Gasteiger partial charge in [-0.3, -0.25) is 0 Å². The smallest absolute Gasteiger partial charge is 0.133 e. The highest BCUT2D eigenvalue weighted by Gasteiger charge is 2.18. The van der Waals surface area contributed by atoms with Crippen LogP contribution in [0.1, 0.15) is 25.8 Å². The highest BCUT2D eigenvalue weighted by molar-refractivity contribution is 6.29. The third-order valence-corrected chi connectivity index (χ3v) is 3.36. The summed E-state index contributed by atoms with van der Waals surface area (Å²) in [4.78, 5) is 4.25. The van der Waals surface area contributed by atoms with E-state index in [-0.39, 0.29) is 5.54 Å². The highest BCUT2D eigenvalue weighted by atomic mass is 35.5. The Labute approximate surface area is 125 Å². The Balaban J connectivity index is 1.99. The van der Waals surface area contributed by atoms with Gasteiger partial charge in [-0.25, -0.2) is 4.98 Å². The van der Waals surface area contributed by atoms with Crippen molar-refractivity contribution >= 4 is 23.1 Å². The van der Waals surface area contributed by atoms with Crippen LogP contribution < -0.4 is 11.1 Å². The number of nitrogens with two attached hydrogens (primary N) is 1. The molecule has 20 heavy (non-hydrogen) atoms. The van der Waals surface area contributed by atoms with Crippen molar-refractivity contribution in [3.05, 3.63) is 53.2 Å². The highest BCUT2D eigenvalue weighted by Crippen LogP contribution is 2.22. The third-order valence-electron chi connectivity index (χ3n) is 3.16. The number of nitrogens with zero attached hydrogens (tertiary/aromatic N) is 1. The van der Waals surface area contributed by atoms with E-state index in [1.807, 2.05) is 6.07 Å². The second kappa shape index (κ2) is 6.14. The lowest BCUT2D eigenvalue weighted by atomic mass is 9.95. The lowest BCUT2D eigenvalue weighted by Crippen LogP contribution is -2.31. The zero-order valence-corrected chi connectivity index (χ0v) is 12.6. The maximum atomic E-state index is 5.92. The van der Waals surface area contributed by atoms with Gasteiger partial charge in [-0.2, -0.15) is 0 Å². The molecule has 2 aromatic rings. The van der Waals surface area contributed by atoms with E-state index < -0.39 is 0 Å². The van der Waals surface area contributed by atoms with Crippen molar-refractivity contribution in [3.8, 4) is 0 Å². The van der Waals surface area contributed by atoms with E-state index in [4.69, 9.17) is 17.3 Å². The van der Waals surface area contributed by atoms with Crippen LogP contribution in [0.4, 0.5) is 11.5 Å². The van der Waals surface area contributed by atoms with Gasteiger partial charge in [-0.05, 0) is 38.3 Å². The number of aromatic nitrogens is 1. The molecule has 2 rings (SSSR count). The van der Waals surface area contributed by atoms with Gasteiger partial charge in [0.25, 0.3) is 0 Å². The van der Waals surface area contributed by atoms with E-state index in [1.165, 1.54) is 5.56 Å².